The minimum Gasteiger partial charge on any atom is -0.311 e. The number of nitrogens with zero attached hydrogens (tertiary/aromatic N) is 2. The number of piperazine rings is 1. The smallest absolute Gasteiger partial charge is 0.262 e. The van der Waals surface area contributed by atoms with Gasteiger partial charge in [-0.1, -0.05) is 12.1 Å². The highest BCUT2D eigenvalue weighted by molar-refractivity contribution is 6.24. The van der Waals surface area contributed by atoms with E-state index in [4.69, 9.17) is 0 Å². The average Bonchev–Trinajstić information content (AvgIpc) is 3.51. The van der Waals surface area contributed by atoms with Gasteiger partial charge in [-0.25, -0.2) is 0 Å². The van der Waals surface area contributed by atoms with Gasteiger partial charge in [-0.15, -0.1) is 0 Å². The van der Waals surface area contributed by atoms with Crippen molar-refractivity contribution in [2.24, 2.45) is 5.92 Å². The van der Waals surface area contributed by atoms with Crippen molar-refractivity contribution >= 4 is 23.6 Å². The molecule has 3 fully saturated rings. The molecule has 0 spiro atoms. The van der Waals surface area contributed by atoms with Crippen molar-refractivity contribution in [3.05, 3.63) is 34.9 Å². The van der Waals surface area contributed by atoms with Gasteiger partial charge in [0.15, 0.2) is 0 Å². The summed E-state index contributed by atoms with van der Waals surface area (Å²) in [5, 5.41) is 5.82. The molecular formula is C21H24N4O4. The molecule has 2 N–H and O–H groups in total. The van der Waals surface area contributed by atoms with E-state index < -0.39 is 23.8 Å². The molecule has 0 bridgehead atoms. The fourth-order valence-corrected chi connectivity index (χ4v) is 4.76. The standard InChI is InChI=1S/C21H24N4O4/c26-17-7-6-16(19(27)23-17)25-20(28)14-3-1-2-13(18(14)21(25)29)10-24-9-8-22-15(11-24)12-4-5-12/h1-3,12,15-16,22H,4-11H2,(H,23,26,27). The van der Waals surface area contributed by atoms with Gasteiger partial charge < -0.3 is 5.32 Å². The second-order valence-electron chi connectivity index (χ2n) is 8.42. The van der Waals surface area contributed by atoms with E-state index in [1.54, 1.807) is 12.1 Å². The summed E-state index contributed by atoms with van der Waals surface area (Å²) in [4.78, 5) is 53.2. The molecule has 29 heavy (non-hydrogen) atoms. The van der Waals surface area contributed by atoms with Crippen LogP contribution in [0.5, 0.6) is 0 Å². The van der Waals surface area contributed by atoms with Crippen LogP contribution in [0.4, 0.5) is 0 Å². The largest absolute Gasteiger partial charge is 0.311 e. The van der Waals surface area contributed by atoms with Crippen LogP contribution in [0.1, 0.15) is 52.0 Å². The SMILES string of the molecule is O=C1CCC(N2C(=O)c3cccc(CN4CCNC(C5CC5)C4)c3C2=O)C(=O)N1. The van der Waals surface area contributed by atoms with Crippen LogP contribution in [-0.2, 0) is 16.1 Å². The fourth-order valence-electron chi connectivity index (χ4n) is 4.76. The Labute approximate surface area is 168 Å². The molecule has 3 heterocycles. The monoisotopic (exact) mass is 396 g/mol. The molecule has 1 saturated carbocycles. The summed E-state index contributed by atoms with van der Waals surface area (Å²) in [5.41, 5.74) is 1.59. The van der Waals surface area contributed by atoms with Crippen LogP contribution in [-0.4, -0.2) is 65.1 Å². The molecule has 0 radical (unpaired) electrons. The van der Waals surface area contributed by atoms with Crippen LogP contribution in [0, 0.1) is 5.92 Å². The lowest BCUT2D eigenvalue weighted by Crippen LogP contribution is -2.54. The molecule has 2 unspecified atom stereocenters. The third kappa shape index (κ3) is 3.26. The van der Waals surface area contributed by atoms with Crippen molar-refractivity contribution in [1.29, 1.82) is 0 Å². The van der Waals surface area contributed by atoms with Gasteiger partial charge in [-0.2, -0.15) is 0 Å². The number of fused-ring (bicyclic) bond motifs is 1. The lowest BCUT2D eigenvalue weighted by atomic mass is 10.0. The number of hydrogen-bond donors (Lipinski definition) is 2. The van der Waals surface area contributed by atoms with E-state index in [0.717, 1.165) is 36.0 Å². The zero-order chi connectivity index (χ0) is 20.1. The molecule has 4 aliphatic rings. The molecule has 1 aromatic carbocycles. The Bertz CT molecular complexity index is 910. The Morgan fingerprint density at radius 2 is 1.86 bits per heavy atom. The fraction of sp³-hybridized carbons (Fsp3) is 0.524. The third-order valence-corrected chi connectivity index (χ3v) is 6.43. The lowest BCUT2D eigenvalue weighted by Gasteiger charge is -2.34. The van der Waals surface area contributed by atoms with Crippen molar-refractivity contribution in [2.45, 2.75) is 44.3 Å². The molecule has 3 aliphatic heterocycles. The summed E-state index contributed by atoms with van der Waals surface area (Å²) < 4.78 is 0. The first-order valence-electron chi connectivity index (χ1n) is 10.3. The summed E-state index contributed by atoms with van der Waals surface area (Å²) in [6, 6.07) is 4.92. The Hall–Kier alpha value is -2.58. The zero-order valence-corrected chi connectivity index (χ0v) is 16.1. The first-order valence-corrected chi connectivity index (χ1v) is 10.3. The van der Waals surface area contributed by atoms with Crippen molar-refractivity contribution in [2.75, 3.05) is 19.6 Å². The van der Waals surface area contributed by atoms with Crippen LogP contribution >= 0.6 is 0 Å². The van der Waals surface area contributed by atoms with E-state index in [0.29, 0.717) is 23.7 Å². The first kappa shape index (κ1) is 18.4. The van der Waals surface area contributed by atoms with Crippen LogP contribution in [0.2, 0.25) is 0 Å². The van der Waals surface area contributed by atoms with Crippen molar-refractivity contribution in [3.63, 3.8) is 0 Å². The minimum atomic E-state index is -0.925. The van der Waals surface area contributed by atoms with E-state index in [2.05, 4.69) is 15.5 Å². The summed E-state index contributed by atoms with van der Waals surface area (Å²) in [7, 11) is 0. The highest BCUT2D eigenvalue weighted by atomic mass is 16.2. The maximum atomic E-state index is 13.2. The summed E-state index contributed by atoms with van der Waals surface area (Å²) in [6.07, 6.45) is 2.85. The summed E-state index contributed by atoms with van der Waals surface area (Å²) >= 11 is 0. The van der Waals surface area contributed by atoms with Gasteiger partial charge in [0.25, 0.3) is 11.8 Å². The van der Waals surface area contributed by atoms with Crippen molar-refractivity contribution in [3.8, 4) is 0 Å². The number of piperidine rings is 1. The summed E-state index contributed by atoms with van der Waals surface area (Å²) in [6.45, 7) is 3.36. The van der Waals surface area contributed by atoms with E-state index in [1.807, 2.05) is 6.07 Å². The van der Waals surface area contributed by atoms with Gasteiger partial charge in [0, 0.05) is 38.6 Å². The number of hydrogen-bond acceptors (Lipinski definition) is 6. The van der Waals surface area contributed by atoms with Gasteiger partial charge in [0.1, 0.15) is 6.04 Å². The Morgan fingerprint density at radius 3 is 2.62 bits per heavy atom. The maximum Gasteiger partial charge on any atom is 0.262 e. The predicted molar refractivity (Wildman–Crippen MR) is 103 cm³/mol. The molecule has 1 aliphatic carbocycles. The number of amides is 4. The maximum absolute atomic E-state index is 13.2. The highest BCUT2D eigenvalue weighted by Gasteiger charge is 2.45. The van der Waals surface area contributed by atoms with Gasteiger partial charge in [-0.05, 0) is 36.8 Å². The van der Waals surface area contributed by atoms with Crippen molar-refractivity contribution in [1.82, 2.24) is 20.4 Å². The van der Waals surface area contributed by atoms with E-state index in [9.17, 15) is 19.2 Å². The van der Waals surface area contributed by atoms with Gasteiger partial charge in [0.05, 0.1) is 11.1 Å². The molecule has 4 amide bonds. The first-order chi connectivity index (χ1) is 14.0. The number of imide groups is 2. The van der Waals surface area contributed by atoms with E-state index >= 15 is 0 Å². The lowest BCUT2D eigenvalue weighted by molar-refractivity contribution is -0.136. The topological polar surface area (TPSA) is 98.8 Å². The zero-order valence-electron chi connectivity index (χ0n) is 16.1. The van der Waals surface area contributed by atoms with Crippen LogP contribution < -0.4 is 10.6 Å². The highest BCUT2D eigenvalue weighted by Crippen LogP contribution is 2.34. The molecule has 2 saturated heterocycles. The van der Waals surface area contributed by atoms with Crippen LogP contribution in [0.25, 0.3) is 0 Å². The number of benzene rings is 1. The minimum absolute atomic E-state index is 0.125. The molecule has 2 atom stereocenters. The van der Waals surface area contributed by atoms with E-state index in [-0.39, 0.29) is 18.7 Å². The number of nitrogens with one attached hydrogen (secondary N) is 2. The van der Waals surface area contributed by atoms with Crippen LogP contribution in [0.15, 0.2) is 18.2 Å². The molecule has 5 rings (SSSR count). The molecule has 152 valence electrons. The molecular weight excluding hydrogens is 372 g/mol. The quantitative estimate of drug-likeness (QED) is 0.709. The Balaban J connectivity index is 1.39. The molecule has 0 aromatic heterocycles. The van der Waals surface area contributed by atoms with E-state index in [1.165, 1.54) is 12.8 Å². The average molecular weight is 396 g/mol. The number of carbonyl (C=O) groups excluding carboxylic acids is 4. The number of rotatable bonds is 4. The normalized spacial score (nSPS) is 27.9. The Morgan fingerprint density at radius 1 is 1.03 bits per heavy atom. The van der Waals surface area contributed by atoms with Gasteiger partial charge >= 0.3 is 0 Å². The third-order valence-electron chi connectivity index (χ3n) is 6.43. The van der Waals surface area contributed by atoms with Gasteiger partial charge in [-0.3, -0.25) is 34.3 Å². The predicted octanol–water partition coefficient (Wildman–Crippen LogP) is 0.272. The van der Waals surface area contributed by atoms with Crippen molar-refractivity contribution < 1.29 is 19.2 Å². The Kier molecular flexibility index (Phi) is 4.48. The molecule has 8 nitrogen and oxygen atoms in total. The van der Waals surface area contributed by atoms with Crippen LogP contribution in [0.3, 0.4) is 0 Å². The molecule has 8 heteroatoms. The second-order valence-corrected chi connectivity index (χ2v) is 8.42. The molecule has 1 aromatic rings. The second kappa shape index (κ2) is 7.03. The number of carbonyl (C=O) groups is 4. The van der Waals surface area contributed by atoms with Gasteiger partial charge in [0.2, 0.25) is 11.8 Å². The summed E-state index contributed by atoms with van der Waals surface area (Å²) in [5.74, 6) is -1.06.